The van der Waals surface area contributed by atoms with Crippen LogP contribution in [0.2, 0.25) is 0 Å². The zero-order valence-electron chi connectivity index (χ0n) is 10.3. The molecule has 1 aliphatic heterocycles. The highest BCUT2D eigenvalue weighted by molar-refractivity contribution is 5.75. The van der Waals surface area contributed by atoms with Gasteiger partial charge in [-0.05, 0) is 18.9 Å². The number of nitriles is 1. The average Bonchev–Trinajstić information content (AvgIpc) is 2.46. The summed E-state index contributed by atoms with van der Waals surface area (Å²) in [5.74, 6) is -0.578. The van der Waals surface area contributed by atoms with Crippen molar-refractivity contribution in [2.75, 3.05) is 25.1 Å². The van der Waals surface area contributed by atoms with E-state index in [-0.39, 0.29) is 18.2 Å². The van der Waals surface area contributed by atoms with Gasteiger partial charge in [-0.1, -0.05) is 0 Å². The number of carbonyl (C=O) groups is 1. The maximum absolute atomic E-state index is 11.4. The van der Waals surface area contributed by atoms with Crippen LogP contribution in [0.25, 0.3) is 0 Å². The number of hydrogen-bond donors (Lipinski definition) is 2. The molecule has 2 rings (SSSR count). The second-order valence-corrected chi connectivity index (χ2v) is 4.43. The molecule has 1 aliphatic rings. The zero-order chi connectivity index (χ0) is 13.7. The number of nitrogens with one attached hydrogen (secondary N) is 1. The van der Waals surface area contributed by atoms with Gasteiger partial charge >= 0.3 is 5.97 Å². The Morgan fingerprint density at radius 2 is 2.32 bits per heavy atom. The summed E-state index contributed by atoms with van der Waals surface area (Å²) in [6, 6.07) is 3.40. The molecule has 0 spiro atoms. The van der Waals surface area contributed by atoms with Crippen LogP contribution in [0.5, 0.6) is 0 Å². The molecule has 1 fully saturated rings. The van der Waals surface area contributed by atoms with Gasteiger partial charge in [-0.3, -0.25) is 4.79 Å². The molecule has 0 aromatic carbocycles. The van der Waals surface area contributed by atoms with Gasteiger partial charge in [0.1, 0.15) is 11.8 Å². The number of carboxylic acids is 1. The molecule has 7 heteroatoms. The van der Waals surface area contributed by atoms with Crippen LogP contribution in [0.1, 0.15) is 18.5 Å². The van der Waals surface area contributed by atoms with E-state index in [1.165, 1.54) is 12.3 Å². The SMILES string of the molecule is N#Cc1ccnc(NCC2(C(=O)O)CCOCC2)n1. The first-order valence-electron chi connectivity index (χ1n) is 5.94. The van der Waals surface area contributed by atoms with Crippen molar-refractivity contribution >= 4 is 11.9 Å². The van der Waals surface area contributed by atoms with Crippen molar-refractivity contribution in [3.05, 3.63) is 18.0 Å². The highest BCUT2D eigenvalue weighted by Gasteiger charge is 2.40. The molecule has 0 unspecified atom stereocenters. The molecule has 1 aromatic rings. The predicted molar refractivity (Wildman–Crippen MR) is 65.4 cm³/mol. The number of anilines is 1. The Balaban J connectivity index is 2.06. The van der Waals surface area contributed by atoms with Crippen LogP contribution in [-0.4, -0.2) is 40.8 Å². The average molecular weight is 262 g/mol. The molecule has 0 aliphatic carbocycles. The van der Waals surface area contributed by atoms with E-state index in [4.69, 9.17) is 10.00 Å². The van der Waals surface area contributed by atoms with Crippen molar-refractivity contribution in [1.82, 2.24) is 9.97 Å². The van der Waals surface area contributed by atoms with Gasteiger partial charge in [0.25, 0.3) is 0 Å². The third-order valence-corrected chi connectivity index (χ3v) is 3.26. The maximum Gasteiger partial charge on any atom is 0.311 e. The van der Waals surface area contributed by atoms with Crippen molar-refractivity contribution in [3.63, 3.8) is 0 Å². The smallest absolute Gasteiger partial charge is 0.311 e. The van der Waals surface area contributed by atoms with Gasteiger partial charge in [-0.2, -0.15) is 5.26 Å². The number of ether oxygens (including phenoxy) is 1. The summed E-state index contributed by atoms with van der Waals surface area (Å²) in [7, 11) is 0. The van der Waals surface area contributed by atoms with Gasteiger partial charge in [0.15, 0.2) is 0 Å². The standard InChI is InChI=1S/C12H14N4O3/c13-7-9-1-4-14-11(16-9)15-8-12(10(17)18)2-5-19-6-3-12/h1,4H,2-3,5-6,8H2,(H,17,18)(H,14,15,16). The zero-order valence-corrected chi connectivity index (χ0v) is 10.3. The van der Waals surface area contributed by atoms with Gasteiger partial charge in [0, 0.05) is 26.0 Å². The van der Waals surface area contributed by atoms with E-state index < -0.39 is 11.4 Å². The van der Waals surface area contributed by atoms with Crippen LogP contribution < -0.4 is 5.32 Å². The van der Waals surface area contributed by atoms with Crippen LogP contribution in [0.3, 0.4) is 0 Å². The van der Waals surface area contributed by atoms with Crippen LogP contribution in [-0.2, 0) is 9.53 Å². The molecule has 7 nitrogen and oxygen atoms in total. The molecule has 0 amide bonds. The van der Waals surface area contributed by atoms with Gasteiger partial charge in [0.2, 0.25) is 5.95 Å². The van der Waals surface area contributed by atoms with E-state index in [0.717, 1.165) is 0 Å². The number of carboxylic acid groups (broad SMARTS) is 1. The fourth-order valence-electron chi connectivity index (χ4n) is 1.98. The number of aliphatic carboxylic acids is 1. The molecule has 0 atom stereocenters. The lowest BCUT2D eigenvalue weighted by atomic mass is 9.80. The lowest BCUT2D eigenvalue weighted by Gasteiger charge is -2.33. The largest absolute Gasteiger partial charge is 0.481 e. The van der Waals surface area contributed by atoms with Crippen LogP contribution >= 0.6 is 0 Å². The summed E-state index contributed by atoms with van der Waals surface area (Å²) in [6.45, 7) is 1.10. The minimum absolute atomic E-state index is 0.223. The molecule has 0 radical (unpaired) electrons. The van der Waals surface area contributed by atoms with E-state index in [9.17, 15) is 9.90 Å². The fraction of sp³-hybridized carbons (Fsp3) is 0.500. The Morgan fingerprint density at radius 1 is 1.58 bits per heavy atom. The summed E-state index contributed by atoms with van der Waals surface area (Å²) in [5, 5.41) is 21.0. The van der Waals surface area contributed by atoms with Crippen LogP contribution in [0.15, 0.2) is 12.3 Å². The minimum atomic E-state index is -0.857. The molecule has 100 valence electrons. The summed E-state index contributed by atoms with van der Waals surface area (Å²) in [4.78, 5) is 19.4. The van der Waals surface area contributed by atoms with E-state index >= 15 is 0 Å². The maximum atomic E-state index is 11.4. The van der Waals surface area contributed by atoms with Crippen LogP contribution in [0.4, 0.5) is 5.95 Å². The number of rotatable bonds is 4. The Labute approximate surface area is 110 Å². The summed E-state index contributed by atoms with van der Waals surface area (Å²) in [5.41, 5.74) is -0.613. The number of hydrogen-bond acceptors (Lipinski definition) is 6. The summed E-state index contributed by atoms with van der Waals surface area (Å²) in [6.07, 6.45) is 2.37. The van der Waals surface area contributed by atoms with Crippen molar-refractivity contribution in [2.45, 2.75) is 12.8 Å². The number of aromatic nitrogens is 2. The first-order chi connectivity index (χ1) is 9.16. The normalized spacial score (nSPS) is 17.4. The molecule has 2 heterocycles. The molecule has 1 saturated heterocycles. The van der Waals surface area contributed by atoms with Gasteiger partial charge in [-0.15, -0.1) is 0 Å². The Morgan fingerprint density at radius 3 is 2.95 bits per heavy atom. The highest BCUT2D eigenvalue weighted by atomic mass is 16.5. The fourth-order valence-corrected chi connectivity index (χ4v) is 1.98. The first kappa shape index (κ1) is 13.2. The van der Waals surface area contributed by atoms with Crippen molar-refractivity contribution in [1.29, 1.82) is 5.26 Å². The van der Waals surface area contributed by atoms with Crippen molar-refractivity contribution < 1.29 is 14.6 Å². The van der Waals surface area contributed by atoms with E-state index in [1.54, 1.807) is 0 Å². The monoisotopic (exact) mass is 262 g/mol. The molecule has 2 N–H and O–H groups in total. The van der Waals surface area contributed by atoms with Crippen LogP contribution in [0, 0.1) is 16.7 Å². The van der Waals surface area contributed by atoms with E-state index in [1.807, 2.05) is 6.07 Å². The summed E-state index contributed by atoms with van der Waals surface area (Å²) < 4.78 is 5.20. The minimum Gasteiger partial charge on any atom is -0.481 e. The van der Waals surface area contributed by atoms with E-state index in [2.05, 4.69) is 15.3 Å². The quantitative estimate of drug-likeness (QED) is 0.819. The van der Waals surface area contributed by atoms with E-state index in [0.29, 0.717) is 26.1 Å². The summed E-state index contributed by atoms with van der Waals surface area (Å²) >= 11 is 0. The molecule has 19 heavy (non-hydrogen) atoms. The second-order valence-electron chi connectivity index (χ2n) is 4.43. The molecule has 1 aromatic heterocycles. The molecule has 0 bridgehead atoms. The Bertz CT molecular complexity index is 506. The third-order valence-electron chi connectivity index (χ3n) is 3.26. The second kappa shape index (κ2) is 5.63. The molecular weight excluding hydrogens is 248 g/mol. The van der Waals surface area contributed by atoms with Gasteiger partial charge in [-0.25, -0.2) is 9.97 Å². The van der Waals surface area contributed by atoms with Gasteiger partial charge < -0.3 is 15.2 Å². The first-order valence-corrected chi connectivity index (χ1v) is 5.94. The Kier molecular flexibility index (Phi) is 3.92. The van der Waals surface area contributed by atoms with Crippen molar-refractivity contribution in [2.24, 2.45) is 5.41 Å². The lowest BCUT2D eigenvalue weighted by Crippen LogP contribution is -2.42. The topological polar surface area (TPSA) is 108 Å². The predicted octanol–water partition coefficient (Wildman–Crippen LogP) is 0.642. The molecular formula is C12H14N4O3. The van der Waals surface area contributed by atoms with Crippen molar-refractivity contribution in [3.8, 4) is 6.07 Å². The number of nitrogens with zero attached hydrogens (tertiary/aromatic N) is 3. The molecule has 0 saturated carbocycles. The third kappa shape index (κ3) is 2.98. The lowest BCUT2D eigenvalue weighted by molar-refractivity contribution is -0.153. The Hall–Kier alpha value is -2.20. The highest BCUT2D eigenvalue weighted by Crippen LogP contribution is 2.30. The van der Waals surface area contributed by atoms with Gasteiger partial charge in [0.05, 0.1) is 5.41 Å².